The van der Waals surface area contributed by atoms with Crippen molar-refractivity contribution in [3.63, 3.8) is 0 Å². The van der Waals surface area contributed by atoms with E-state index >= 15 is 0 Å². The lowest BCUT2D eigenvalue weighted by atomic mass is 9.93. The second-order valence-corrected chi connectivity index (χ2v) is 6.52. The number of fused-ring (bicyclic) bond motifs is 2. The highest BCUT2D eigenvalue weighted by atomic mass is 16.5. The van der Waals surface area contributed by atoms with Crippen LogP contribution in [0.1, 0.15) is 35.8 Å². The van der Waals surface area contributed by atoms with Crippen molar-refractivity contribution in [1.29, 1.82) is 5.26 Å². The highest BCUT2D eigenvalue weighted by Gasteiger charge is 2.24. The zero-order valence-corrected chi connectivity index (χ0v) is 14.3. The predicted octanol–water partition coefficient (Wildman–Crippen LogP) is 3.94. The third kappa shape index (κ3) is 2.72. The fourth-order valence-electron chi connectivity index (χ4n) is 3.55. The van der Waals surface area contributed by atoms with E-state index in [-0.39, 0.29) is 6.10 Å². The Morgan fingerprint density at radius 3 is 3.07 bits per heavy atom. The van der Waals surface area contributed by atoms with Crippen molar-refractivity contribution in [1.82, 2.24) is 20.2 Å². The van der Waals surface area contributed by atoms with Crippen molar-refractivity contribution in [2.45, 2.75) is 25.4 Å². The van der Waals surface area contributed by atoms with Crippen LogP contribution in [-0.4, -0.2) is 20.2 Å². The molecule has 132 valence electrons. The number of nitrogens with zero attached hydrogens (tertiary/aromatic N) is 4. The summed E-state index contributed by atoms with van der Waals surface area (Å²) in [4.78, 5) is 8.45. The molecule has 0 aliphatic heterocycles. The number of aromatic amines is 1. The Bertz CT molecular complexity index is 1160. The van der Waals surface area contributed by atoms with Crippen LogP contribution in [0.2, 0.25) is 0 Å². The molecule has 27 heavy (non-hydrogen) atoms. The lowest BCUT2D eigenvalue weighted by Gasteiger charge is -2.25. The molecule has 1 aromatic carbocycles. The van der Waals surface area contributed by atoms with Crippen LogP contribution in [-0.2, 0) is 6.42 Å². The van der Waals surface area contributed by atoms with Crippen molar-refractivity contribution in [3.05, 3.63) is 59.9 Å². The minimum Gasteiger partial charge on any atom is -0.484 e. The molecule has 3 aromatic heterocycles. The highest BCUT2D eigenvalue weighted by Crippen LogP contribution is 2.35. The molecule has 0 bridgehead atoms. The van der Waals surface area contributed by atoms with Crippen LogP contribution in [0.3, 0.4) is 0 Å². The summed E-state index contributed by atoms with van der Waals surface area (Å²) >= 11 is 0. The quantitative estimate of drug-likeness (QED) is 0.596. The van der Waals surface area contributed by atoms with Crippen LogP contribution in [0, 0.1) is 11.3 Å². The SMILES string of the molecule is N#Cc1cnc2c(c1)CCC[C@@H]2Oc1ccc2[nH]nc(-c3cnco3)c2c1. The number of rotatable bonds is 3. The van der Waals surface area contributed by atoms with Gasteiger partial charge < -0.3 is 9.15 Å². The number of nitriles is 1. The van der Waals surface area contributed by atoms with Gasteiger partial charge in [0, 0.05) is 11.6 Å². The maximum atomic E-state index is 9.08. The minimum atomic E-state index is -0.125. The Morgan fingerprint density at radius 1 is 1.26 bits per heavy atom. The monoisotopic (exact) mass is 357 g/mol. The molecule has 0 saturated carbocycles. The Morgan fingerprint density at radius 2 is 2.22 bits per heavy atom. The van der Waals surface area contributed by atoms with Gasteiger partial charge >= 0.3 is 0 Å². The van der Waals surface area contributed by atoms with Crippen molar-refractivity contribution >= 4 is 10.9 Å². The van der Waals surface area contributed by atoms with E-state index < -0.39 is 0 Å². The molecule has 1 aliphatic carbocycles. The average molecular weight is 357 g/mol. The smallest absolute Gasteiger partial charge is 0.181 e. The first-order valence-corrected chi connectivity index (χ1v) is 8.74. The average Bonchev–Trinajstić information content (AvgIpc) is 3.37. The summed E-state index contributed by atoms with van der Waals surface area (Å²) in [5.74, 6) is 1.35. The lowest BCUT2D eigenvalue weighted by Crippen LogP contribution is -2.17. The van der Waals surface area contributed by atoms with Gasteiger partial charge in [-0.25, -0.2) is 4.98 Å². The van der Waals surface area contributed by atoms with Crippen molar-refractivity contribution in [3.8, 4) is 23.3 Å². The van der Waals surface area contributed by atoms with Gasteiger partial charge in [0.2, 0.25) is 0 Å². The van der Waals surface area contributed by atoms with E-state index in [1.54, 1.807) is 12.4 Å². The number of aromatic nitrogens is 4. The molecule has 4 aromatic rings. The molecule has 1 atom stereocenters. The maximum Gasteiger partial charge on any atom is 0.181 e. The van der Waals surface area contributed by atoms with E-state index in [1.807, 2.05) is 24.3 Å². The molecule has 0 fully saturated rings. The van der Waals surface area contributed by atoms with Crippen molar-refractivity contribution in [2.75, 3.05) is 0 Å². The topological polar surface area (TPSA) is 101 Å². The number of aryl methyl sites for hydroxylation is 1. The number of nitrogens with one attached hydrogen (secondary N) is 1. The summed E-state index contributed by atoms with van der Waals surface area (Å²) in [6.07, 6.45) is 7.33. The van der Waals surface area contributed by atoms with Crippen LogP contribution in [0.4, 0.5) is 0 Å². The van der Waals surface area contributed by atoms with Crippen LogP contribution in [0.25, 0.3) is 22.4 Å². The molecule has 0 unspecified atom stereocenters. The van der Waals surface area contributed by atoms with Crippen LogP contribution in [0.5, 0.6) is 5.75 Å². The number of hydrogen-bond donors (Lipinski definition) is 1. The minimum absolute atomic E-state index is 0.125. The van der Waals surface area contributed by atoms with Crippen molar-refractivity contribution in [2.24, 2.45) is 0 Å². The molecule has 0 amide bonds. The van der Waals surface area contributed by atoms with Gasteiger partial charge in [-0.05, 0) is 49.1 Å². The second-order valence-electron chi connectivity index (χ2n) is 6.52. The third-order valence-electron chi connectivity index (χ3n) is 4.83. The van der Waals surface area contributed by atoms with Crippen LogP contribution in [0.15, 0.2) is 47.5 Å². The molecule has 0 radical (unpaired) electrons. The first-order valence-electron chi connectivity index (χ1n) is 8.74. The molecular formula is C20H15N5O2. The van der Waals surface area contributed by atoms with E-state index in [9.17, 15) is 0 Å². The summed E-state index contributed by atoms with van der Waals surface area (Å²) in [6, 6.07) is 9.88. The summed E-state index contributed by atoms with van der Waals surface area (Å²) in [6.45, 7) is 0. The van der Waals surface area contributed by atoms with Gasteiger partial charge in [0.25, 0.3) is 0 Å². The first-order chi connectivity index (χ1) is 13.3. The molecule has 1 aliphatic rings. The maximum absolute atomic E-state index is 9.08. The zero-order chi connectivity index (χ0) is 18.2. The first kappa shape index (κ1) is 15.6. The summed E-state index contributed by atoms with van der Waals surface area (Å²) in [5, 5.41) is 17.3. The Balaban J connectivity index is 1.49. The van der Waals surface area contributed by atoms with Gasteiger partial charge in [-0.3, -0.25) is 10.1 Å². The summed E-state index contributed by atoms with van der Waals surface area (Å²) in [5.41, 5.74) is 4.20. The van der Waals surface area contributed by atoms with Gasteiger partial charge in [0.1, 0.15) is 23.6 Å². The van der Waals surface area contributed by atoms with E-state index in [0.29, 0.717) is 17.0 Å². The van der Waals surface area contributed by atoms with E-state index in [4.69, 9.17) is 14.4 Å². The molecular weight excluding hydrogens is 342 g/mol. The lowest BCUT2D eigenvalue weighted by molar-refractivity contribution is 0.178. The van der Waals surface area contributed by atoms with Gasteiger partial charge in [-0.15, -0.1) is 0 Å². The number of hydrogen-bond acceptors (Lipinski definition) is 6. The largest absolute Gasteiger partial charge is 0.484 e. The standard InChI is InChI=1S/C20H15N5O2/c21-8-12-6-13-2-1-3-17(19(13)23-9-12)27-14-4-5-16-15(7-14)20(25-24-16)18-10-22-11-26-18/h4-7,9-11,17H,1-3H2,(H,24,25)/t17-/m0/s1. The molecule has 7 heteroatoms. The van der Waals surface area contributed by atoms with Crippen LogP contribution < -0.4 is 4.74 Å². The second kappa shape index (κ2) is 6.25. The molecule has 0 saturated heterocycles. The summed E-state index contributed by atoms with van der Waals surface area (Å²) in [7, 11) is 0. The number of H-pyrrole nitrogens is 1. The van der Waals surface area contributed by atoms with E-state index in [2.05, 4.69) is 26.2 Å². The summed E-state index contributed by atoms with van der Waals surface area (Å²) < 4.78 is 11.6. The molecule has 5 rings (SSSR count). The van der Waals surface area contributed by atoms with Crippen molar-refractivity contribution < 1.29 is 9.15 Å². The van der Waals surface area contributed by atoms with Crippen LogP contribution >= 0.6 is 0 Å². The molecule has 7 nitrogen and oxygen atoms in total. The van der Waals surface area contributed by atoms with Gasteiger partial charge in [0.15, 0.2) is 12.2 Å². The molecule has 1 N–H and O–H groups in total. The Hall–Kier alpha value is -3.66. The van der Waals surface area contributed by atoms with E-state index in [1.165, 1.54) is 6.39 Å². The van der Waals surface area contributed by atoms with E-state index in [0.717, 1.165) is 47.2 Å². The van der Waals surface area contributed by atoms with Gasteiger partial charge in [0.05, 0.1) is 23.0 Å². The van der Waals surface area contributed by atoms with Gasteiger partial charge in [-0.1, -0.05) is 0 Å². The fraction of sp³-hybridized carbons (Fsp3) is 0.200. The number of oxazole rings is 1. The number of pyridine rings is 1. The highest BCUT2D eigenvalue weighted by molar-refractivity contribution is 5.92. The zero-order valence-electron chi connectivity index (χ0n) is 14.3. The Labute approximate surface area is 154 Å². The number of ether oxygens (including phenoxy) is 1. The molecule has 3 heterocycles. The fourth-order valence-corrected chi connectivity index (χ4v) is 3.55. The third-order valence-corrected chi connectivity index (χ3v) is 4.83. The normalized spacial score (nSPS) is 16.0. The Kier molecular flexibility index (Phi) is 3.61. The predicted molar refractivity (Wildman–Crippen MR) is 96.8 cm³/mol. The molecule has 0 spiro atoms. The van der Waals surface area contributed by atoms with Gasteiger partial charge in [-0.2, -0.15) is 10.4 Å². The number of benzene rings is 1.